The summed E-state index contributed by atoms with van der Waals surface area (Å²) >= 11 is 0. The summed E-state index contributed by atoms with van der Waals surface area (Å²) in [5, 5.41) is 0. The molecule has 3 aliphatic rings. The minimum Gasteiger partial charge on any atom is -0.486 e. The number of aromatic nitrogens is 2. The lowest BCUT2D eigenvalue weighted by atomic mass is 9.87. The minimum absolute atomic E-state index is 0.0228. The maximum absolute atomic E-state index is 15.5. The summed E-state index contributed by atoms with van der Waals surface area (Å²) in [4.78, 5) is 13.2. The SMILES string of the molecule is CN1CCC(c2ccc(Cc3ncc(F)c(-c4cc(F)c5c(c4)N(C4CCc6ccccc6C4)CCO5)n3)cc2F)CC1. The van der Waals surface area contributed by atoms with Gasteiger partial charge < -0.3 is 14.5 Å². The number of hydrogen-bond donors (Lipinski definition) is 0. The van der Waals surface area contributed by atoms with E-state index in [1.54, 1.807) is 6.07 Å². The van der Waals surface area contributed by atoms with Crippen LogP contribution in [0.15, 0.2) is 60.8 Å². The zero-order valence-corrected chi connectivity index (χ0v) is 24.3. The van der Waals surface area contributed by atoms with E-state index in [1.807, 2.05) is 12.1 Å². The van der Waals surface area contributed by atoms with Crippen LogP contribution < -0.4 is 9.64 Å². The molecule has 1 unspecified atom stereocenters. The number of fused-ring (bicyclic) bond motifs is 2. The van der Waals surface area contributed by atoms with E-state index in [1.165, 1.54) is 23.3 Å². The second-order valence-corrected chi connectivity index (χ2v) is 12.1. The van der Waals surface area contributed by atoms with Crippen molar-refractivity contribution in [2.75, 3.05) is 38.2 Å². The number of ether oxygens (including phenoxy) is 1. The van der Waals surface area contributed by atoms with Crippen LogP contribution in [0.4, 0.5) is 18.9 Å². The molecule has 222 valence electrons. The van der Waals surface area contributed by atoms with E-state index in [0.717, 1.165) is 57.0 Å². The van der Waals surface area contributed by atoms with Crippen molar-refractivity contribution in [1.82, 2.24) is 14.9 Å². The monoisotopic (exact) mass is 584 g/mol. The third-order valence-corrected chi connectivity index (χ3v) is 9.33. The van der Waals surface area contributed by atoms with Gasteiger partial charge in [-0.15, -0.1) is 0 Å². The topological polar surface area (TPSA) is 41.5 Å². The Labute approximate surface area is 250 Å². The third kappa shape index (κ3) is 5.60. The second kappa shape index (κ2) is 11.6. The fraction of sp³-hybridized carbons (Fsp3) is 0.371. The summed E-state index contributed by atoms with van der Waals surface area (Å²) in [6.45, 7) is 2.93. The zero-order valence-electron chi connectivity index (χ0n) is 24.3. The van der Waals surface area contributed by atoms with Gasteiger partial charge in [0, 0.05) is 18.0 Å². The van der Waals surface area contributed by atoms with E-state index in [9.17, 15) is 0 Å². The summed E-state index contributed by atoms with van der Waals surface area (Å²) in [5.74, 6) is -0.649. The maximum Gasteiger partial charge on any atom is 0.178 e. The van der Waals surface area contributed by atoms with Crippen LogP contribution in [0.25, 0.3) is 11.3 Å². The molecule has 1 fully saturated rings. The molecular weight excluding hydrogens is 549 g/mol. The summed E-state index contributed by atoms with van der Waals surface area (Å²) < 4.78 is 51.5. The number of aryl methyl sites for hydroxylation is 1. The molecule has 7 rings (SSSR count). The predicted octanol–water partition coefficient (Wildman–Crippen LogP) is 6.72. The first kappa shape index (κ1) is 27.9. The Kier molecular flexibility index (Phi) is 7.55. The lowest BCUT2D eigenvalue weighted by Gasteiger charge is -2.40. The molecule has 2 aliphatic heterocycles. The highest BCUT2D eigenvalue weighted by atomic mass is 19.1. The maximum atomic E-state index is 15.5. The van der Waals surface area contributed by atoms with E-state index < -0.39 is 11.6 Å². The largest absolute Gasteiger partial charge is 0.486 e. The molecule has 0 bridgehead atoms. The molecule has 43 heavy (non-hydrogen) atoms. The fourth-order valence-electron chi connectivity index (χ4n) is 6.97. The summed E-state index contributed by atoms with van der Waals surface area (Å²) in [6.07, 6.45) is 5.99. The van der Waals surface area contributed by atoms with Crippen molar-refractivity contribution in [3.8, 4) is 17.0 Å². The van der Waals surface area contributed by atoms with E-state index in [4.69, 9.17) is 4.74 Å². The van der Waals surface area contributed by atoms with Gasteiger partial charge in [0.2, 0.25) is 0 Å². The Morgan fingerprint density at radius 2 is 1.70 bits per heavy atom. The van der Waals surface area contributed by atoms with E-state index in [0.29, 0.717) is 35.8 Å². The number of likely N-dealkylation sites (tertiary alicyclic amines) is 1. The molecular formula is C35H35F3N4O. The number of anilines is 1. The van der Waals surface area contributed by atoms with Gasteiger partial charge >= 0.3 is 0 Å². The van der Waals surface area contributed by atoms with Crippen molar-refractivity contribution in [3.63, 3.8) is 0 Å². The third-order valence-electron chi connectivity index (χ3n) is 9.33. The van der Waals surface area contributed by atoms with Crippen molar-refractivity contribution in [2.45, 2.75) is 50.5 Å². The smallest absolute Gasteiger partial charge is 0.178 e. The van der Waals surface area contributed by atoms with Crippen molar-refractivity contribution in [1.29, 1.82) is 0 Å². The Morgan fingerprint density at radius 1 is 0.884 bits per heavy atom. The first-order chi connectivity index (χ1) is 20.9. The van der Waals surface area contributed by atoms with E-state index in [2.05, 4.69) is 51.1 Å². The molecule has 3 aromatic carbocycles. The van der Waals surface area contributed by atoms with Gasteiger partial charge in [-0.3, -0.25) is 0 Å². The average molecular weight is 585 g/mol. The summed E-state index contributed by atoms with van der Waals surface area (Å²) in [7, 11) is 2.09. The van der Waals surface area contributed by atoms with Crippen molar-refractivity contribution in [2.24, 2.45) is 0 Å². The molecule has 8 heteroatoms. The number of hydrogen-bond acceptors (Lipinski definition) is 5. The van der Waals surface area contributed by atoms with Crippen molar-refractivity contribution < 1.29 is 17.9 Å². The van der Waals surface area contributed by atoms with Crippen molar-refractivity contribution >= 4 is 5.69 Å². The number of rotatable bonds is 5. The van der Waals surface area contributed by atoms with Crippen LogP contribution in [0.3, 0.4) is 0 Å². The van der Waals surface area contributed by atoms with Crippen LogP contribution in [0.2, 0.25) is 0 Å². The van der Waals surface area contributed by atoms with Crippen molar-refractivity contribution in [3.05, 3.63) is 106 Å². The molecule has 1 atom stereocenters. The van der Waals surface area contributed by atoms with E-state index >= 15 is 13.2 Å². The molecule has 5 nitrogen and oxygen atoms in total. The molecule has 1 saturated heterocycles. The Hall–Kier alpha value is -3.91. The lowest BCUT2D eigenvalue weighted by molar-refractivity contribution is 0.253. The summed E-state index contributed by atoms with van der Waals surface area (Å²) in [5.41, 5.74) is 5.10. The summed E-state index contributed by atoms with van der Waals surface area (Å²) in [6, 6.07) is 17.0. The molecule has 0 amide bonds. The Bertz CT molecular complexity index is 1650. The number of benzene rings is 3. The lowest BCUT2D eigenvalue weighted by Crippen LogP contribution is -2.44. The number of piperidine rings is 1. The van der Waals surface area contributed by atoms with Crippen LogP contribution in [0.5, 0.6) is 5.75 Å². The minimum atomic E-state index is -0.637. The highest BCUT2D eigenvalue weighted by molar-refractivity contribution is 5.72. The standard InChI is InChI=1S/C35H35F3N4O/c1-41-12-10-24(11-13-41)28-9-6-22(16-29(28)36)17-33-39-21-31(38)34(40-33)26-19-30(37)35-32(20-26)42(14-15-43-35)27-8-7-23-4-2-3-5-25(23)18-27/h2-6,9,16,19-21,24,27H,7-8,10-15,17-18H2,1H3. The van der Waals surface area contributed by atoms with Gasteiger partial charge in [-0.05, 0) is 98.6 Å². The zero-order chi connectivity index (χ0) is 29.5. The van der Waals surface area contributed by atoms with Crippen LogP contribution in [-0.4, -0.2) is 54.2 Å². The molecule has 1 aliphatic carbocycles. The van der Waals surface area contributed by atoms with Gasteiger partial charge in [-0.25, -0.2) is 23.1 Å². The van der Waals surface area contributed by atoms with Gasteiger partial charge in [-0.1, -0.05) is 36.4 Å². The number of nitrogens with zero attached hydrogens (tertiary/aromatic N) is 4. The molecule has 0 radical (unpaired) electrons. The normalized spacial score (nSPS) is 19.1. The quantitative estimate of drug-likeness (QED) is 0.261. The second-order valence-electron chi connectivity index (χ2n) is 12.1. The van der Waals surface area contributed by atoms with Gasteiger partial charge in [0.15, 0.2) is 17.4 Å². The molecule has 0 spiro atoms. The molecule has 1 aromatic heterocycles. The highest BCUT2D eigenvalue weighted by Gasteiger charge is 2.31. The van der Waals surface area contributed by atoms with Crippen LogP contribution in [-0.2, 0) is 19.3 Å². The highest BCUT2D eigenvalue weighted by Crippen LogP contribution is 2.41. The first-order valence-corrected chi connectivity index (χ1v) is 15.2. The van der Waals surface area contributed by atoms with Gasteiger partial charge in [0.1, 0.15) is 23.9 Å². The number of halogens is 3. The first-order valence-electron chi connectivity index (χ1n) is 15.2. The van der Waals surface area contributed by atoms with Crippen LogP contribution in [0, 0.1) is 17.5 Å². The van der Waals surface area contributed by atoms with Gasteiger partial charge in [0.05, 0.1) is 18.4 Å². The van der Waals surface area contributed by atoms with Gasteiger partial charge in [0.25, 0.3) is 0 Å². The Balaban J connectivity index is 1.15. The molecule has 3 heterocycles. The van der Waals surface area contributed by atoms with Crippen LogP contribution >= 0.6 is 0 Å². The van der Waals surface area contributed by atoms with Gasteiger partial charge in [-0.2, -0.15) is 0 Å². The average Bonchev–Trinajstić information content (AvgIpc) is 3.02. The molecule has 0 N–H and O–H groups in total. The molecule has 4 aromatic rings. The predicted molar refractivity (Wildman–Crippen MR) is 161 cm³/mol. The van der Waals surface area contributed by atoms with Crippen LogP contribution in [0.1, 0.15) is 53.3 Å². The molecule has 0 saturated carbocycles. The Morgan fingerprint density at radius 3 is 2.51 bits per heavy atom. The van der Waals surface area contributed by atoms with E-state index in [-0.39, 0.29) is 35.6 Å². The fourth-order valence-corrected chi connectivity index (χ4v) is 6.97.